The highest BCUT2D eigenvalue weighted by Crippen LogP contribution is 2.28. The first-order chi connectivity index (χ1) is 14.0. The van der Waals surface area contributed by atoms with Gasteiger partial charge in [-0.15, -0.1) is 0 Å². The number of aromatic nitrogens is 1. The zero-order chi connectivity index (χ0) is 22.1. The van der Waals surface area contributed by atoms with E-state index in [0.29, 0.717) is 18.0 Å². The Morgan fingerprint density at radius 1 is 1.03 bits per heavy atom. The van der Waals surface area contributed by atoms with Crippen LogP contribution in [-0.4, -0.2) is 53.7 Å². The van der Waals surface area contributed by atoms with Crippen molar-refractivity contribution in [2.75, 3.05) is 13.1 Å². The van der Waals surface area contributed by atoms with Gasteiger partial charge in [0.2, 0.25) is 15.9 Å². The average molecular weight is 430 g/mol. The fourth-order valence-electron chi connectivity index (χ4n) is 4.00. The number of hydrogen-bond donors (Lipinski definition) is 0. The molecule has 1 aliphatic heterocycles. The Labute approximate surface area is 180 Å². The van der Waals surface area contributed by atoms with E-state index in [4.69, 9.17) is 0 Å². The fourth-order valence-corrected chi connectivity index (χ4v) is 5.81. The Bertz CT molecular complexity index is 971. The molecule has 162 valence electrons. The molecule has 2 heterocycles. The van der Waals surface area contributed by atoms with Gasteiger partial charge >= 0.3 is 0 Å². The van der Waals surface area contributed by atoms with Gasteiger partial charge in [-0.25, -0.2) is 8.42 Å². The molecular formula is C23H31N3O3S. The molecule has 30 heavy (non-hydrogen) atoms. The normalized spacial score (nSPS) is 20.9. The Morgan fingerprint density at radius 3 is 2.13 bits per heavy atom. The largest absolute Gasteiger partial charge is 0.339 e. The number of hydrogen-bond acceptors (Lipinski definition) is 4. The van der Waals surface area contributed by atoms with Gasteiger partial charge in [0, 0.05) is 37.1 Å². The summed E-state index contributed by atoms with van der Waals surface area (Å²) in [6.07, 6.45) is 1.89. The molecule has 0 N–H and O–H groups in total. The summed E-state index contributed by atoms with van der Waals surface area (Å²) < 4.78 is 28.2. The second-order valence-corrected chi connectivity index (χ2v) is 10.9. The third-order valence-electron chi connectivity index (χ3n) is 5.55. The van der Waals surface area contributed by atoms with Crippen LogP contribution in [0, 0.1) is 0 Å². The van der Waals surface area contributed by atoms with Crippen LogP contribution in [0.2, 0.25) is 0 Å². The smallest absolute Gasteiger partial charge is 0.243 e. The summed E-state index contributed by atoms with van der Waals surface area (Å²) in [4.78, 5) is 19.0. The van der Waals surface area contributed by atoms with Crippen molar-refractivity contribution < 1.29 is 13.2 Å². The maximum atomic E-state index is 13.3. The van der Waals surface area contributed by atoms with Crippen molar-refractivity contribution in [3.63, 3.8) is 0 Å². The van der Waals surface area contributed by atoms with Gasteiger partial charge in [-0.05, 0) is 49.1 Å². The molecule has 1 aliphatic rings. The third-order valence-corrected chi connectivity index (χ3v) is 7.69. The van der Waals surface area contributed by atoms with Crippen LogP contribution in [0.5, 0.6) is 0 Å². The number of rotatable bonds is 4. The molecule has 7 heteroatoms. The zero-order valence-corrected chi connectivity index (χ0v) is 19.2. The predicted octanol–water partition coefficient (Wildman–Crippen LogP) is 3.23. The molecule has 3 rings (SSSR count). The standard InChI is InChI=1S/C23H31N3O3S/c1-17-15-25(22(27)14-20-8-6-7-13-24-20)16-18(2)26(17)30(28,29)21-11-9-19(10-12-21)23(3,4)5/h6-13,17-18H,14-16H2,1-5H3. The summed E-state index contributed by atoms with van der Waals surface area (Å²) in [6.45, 7) is 10.8. The third kappa shape index (κ3) is 4.73. The predicted molar refractivity (Wildman–Crippen MR) is 118 cm³/mol. The van der Waals surface area contributed by atoms with Gasteiger partial charge in [-0.3, -0.25) is 9.78 Å². The summed E-state index contributed by atoms with van der Waals surface area (Å²) in [5.41, 5.74) is 1.77. The van der Waals surface area contributed by atoms with Crippen LogP contribution in [0.15, 0.2) is 53.6 Å². The molecule has 1 aromatic carbocycles. The van der Waals surface area contributed by atoms with Gasteiger partial charge in [0.25, 0.3) is 0 Å². The van der Waals surface area contributed by atoms with E-state index in [-0.39, 0.29) is 29.8 Å². The molecule has 2 atom stereocenters. The molecule has 1 fully saturated rings. The first-order valence-electron chi connectivity index (χ1n) is 10.3. The van der Waals surface area contributed by atoms with E-state index < -0.39 is 10.0 Å². The number of sulfonamides is 1. The maximum absolute atomic E-state index is 13.3. The summed E-state index contributed by atoms with van der Waals surface area (Å²) in [5, 5.41) is 0. The molecule has 0 bridgehead atoms. The van der Waals surface area contributed by atoms with Crippen molar-refractivity contribution in [3.05, 3.63) is 59.9 Å². The molecule has 0 spiro atoms. The Morgan fingerprint density at radius 2 is 1.63 bits per heavy atom. The van der Waals surface area contributed by atoms with E-state index in [1.807, 2.05) is 44.2 Å². The highest BCUT2D eigenvalue weighted by molar-refractivity contribution is 7.89. The van der Waals surface area contributed by atoms with Crippen LogP contribution in [-0.2, 0) is 26.7 Å². The minimum Gasteiger partial charge on any atom is -0.339 e. The Kier molecular flexibility index (Phi) is 6.34. The van der Waals surface area contributed by atoms with E-state index >= 15 is 0 Å². The van der Waals surface area contributed by atoms with Gasteiger partial charge in [0.1, 0.15) is 0 Å². The van der Waals surface area contributed by atoms with Crippen LogP contribution < -0.4 is 0 Å². The number of pyridine rings is 1. The molecule has 2 aromatic rings. The minimum atomic E-state index is -3.65. The van der Waals surface area contributed by atoms with Crippen LogP contribution in [0.3, 0.4) is 0 Å². The van der Waals surface area contributed by atoms with Crippen molar-refractivity contribution >= 4 is 15.9 Å². The lowest BCUT2D eigenvalue weighted by Crippen LogP contribution is -2.59. The van der Waals surface area contributed by atoms with Crippen LogP contribution in [0.25, 0.3) is 0 Å². The van der Waals surface area contributed by atoms with Crippen LogP contribution in [0.1, 0.15) is 45.9 Å². The highest BCUT2D eigenvalue weighted by atomic mass is 32.2. The lowest BCUT2D eigenvalue weighted by molar-refractivity contribution is -0.133. The van der Waals surface area contributed by atoms with Gasteiger partial charge < -0.3 is 4.90 Å². The fraction of sp³-hybridized carbons (Fsp3) is 0.478. The zero-order valence-electron chi connectivity index (χ0n) is 18.4. The molecular weight excluding hydrogens is 398 g/mol. The Hall–Kier alpha value is -2.25. The number of carbonyl (C=O) groups is 1. The van der Waals surface area contributed by atoms with Gasteiger partial charge in [-0.2, -0.15) is 4.31 Å². The number of amides is 1. The van der Waals surface area contributed by atoms with Crippen molar-refractivity contribution in [2.45, 2.75) is 63.4 Å². The second-order valence-electron chi connectivity index (χ2n) is 9.10. The monoisotopic (exact) mass is 429 g/mol. The van der Waals surface area contributed by atoms with E-state index in [9.17, 15) is 13.2 Å². The number of benzene rings is 1. The maximum Gasteiger partial charge on any atom is 0.243 e. The van der Waals surface area contributed by atoms with Crippen molar-refractivity contribution in [3.8, 4) is 0 Å². The molecule has 1 amide bonds. The number of carbonyl (C=O) groups excluding carboxylic acids is 1. The van der Waals surface area contributed by atoms with E-state index in [2.05, 4.69) is 25.8 Å². The molecule has 1 saturated heterocycles. The van der Waals surface area contributed by atoms with E-state index in [1.54, 1.807) is 27.5 Å². The summed E-state index contributed by atoms with van der Waals surface area (Å²) >= 11 is 0. The quantitative estimate of drug-likeness (QED) is 0.748. The first kappa shape index (κ1) is 22.4. The summed E-state index contributed by atoms with van der Waals surface area (Å²) in [6, 6.07) is 12.0. The average Bonchev–Trinajstić information content (AvgIpc) is 2.67. The molecule has 6 nitrogen and oxygen atoms in total. The lowest BCUT2D eigenvalue weighted by Gasteiger charge is -2.43. The number of nitrogens with zero attached hydrogens (tertiary/aromatic N) is 3. The van der Waals surface area contributed by atoms with Crippen molar-refractivity contribution in [2.24, 2.45) is 0 Å². The van der Waals surface area contributed by atoms with Crippen molar-refractivity contribution in [1.29, 1.82) is 0 Å². The van der Waals surface area contributed by atoms with Gasteiger partial charge in [0.15, 0.2) is 0 Å². The molecule has 0 saturated carbocycles. The van der Waals surface area contributed by atoms with E-state index in [1.165, 1.54) is 0 Å². The SMILES string of the molecule is CC1CN(C(=O)Cc2ccccn2)CC(C)N1S(=O)(=O)c1ccc(C(C)(C)C)cc1. The first-order valence-corrected chi connectivity index (χ1v) is 11.8. The number of piperazine rings is 1. The molecule has 2 unspecified atom stereocenters. The topological polar surface area (TPSA) is 70.6 Å². The summed E-state index contributed by atoms with van der Waals surface area (Å²) in [7, 11) is -3.65. The highest BCUT2D eigenvalue weighted by Gasteiger charge is 2.39. The molecule has 0 radical (unpaired) electrons. The second kappa shape index (κ2) is 8.47. The van der Waals surface area contributed by atoms with Crippen LogP contribution in [0.4, 0.5) is 0 Å². The van der Waals surface area contributed by atoms with Crippen molar-refractivity contribution in [1.82, 2.24) is 14.2 Å². The summed E-state index contributed by atoms with van der Waals surface area (Å²) in [5.74, 6) is -0.0287. The van der Waals surface area contributed by atoms with Gasteiger partial charge in [-0.1, -0.05) is 39.0 Å². The lowest BCUT2D eigenvalue weighted by atomic mass is 9.87. The van der Waals surface area contributed by atoms with Gasteiger partial charge in [0.05, 0.1) is 11.3 Å². The van der Waals surface area contributed by atoms with Crippen LogP contribution >= 0.6 is 0 Å². The minimum absolute atomic E-state index is 0.0287. The Balaban J connectivity index is 1.75. The molecule has 1 aromatic heterocycles. The molecule has 0 aliphatic carbocycles. The van der Waals surface area contributed by atoms with E-state index in [0.717, 1.165) is 11.3 Å².